The first-order valence-electron chi connectivity index (χ1n) is 10.2. The molecule has 32 heavy (non-hydrogen) atoms. The maximum absolute atomic E-state index is 13.5. The summed E-state index contributed by atoms with van der Waals surface area (Å²) in [6.45, 7) is 0.560. The van der Waals surface area contributed by atoms with Crippen LogP contribution in [0.25, 0.3) is 22.0 Å². The third-order valence-corrected chi connectivity index (χ3v) is 5.48. The van der Waals surface area contributed by atoms with Gasteiger partial charge >= 0.3 is 0 Å². The number of benzene rings is 1. The SMILES string of the molecule is O=C(Nc1cccnc1)c1n[nH]c2ccc(-c3cncc(CN4CCC(F)(F)C4)c3)cc12. The van der Waals surface area contributed by atoms with Gasteiger partial charge in [-0.1, -0.05) is 6.07 Å². The van der Waals surface area contributed by atoms with Gasteiger partial charge in [-0.15, -0.1) is 0 Å². The molecule has 1 aliphatic rings. The smallest absolute Gasteiger partial charge is 0.276 e. The normalized spacial score (nSPS) is 15.8. The van der Waals surface area contributed by atoms with Gasteiger partial charge in [-0.3, -0.25) is 24.8 Å². The van der Waals surface area contributed by atoms with Crippen LogP contribution in [-0.2, 0) is 6.54 Å². The van der Waals surface area contributed by atoms with Crippen LogP contribution in [0.5, 0.6) is 0 Å². The van der Waals surface area contributed by atoms with Gasteiger partial charge in [0.05, 0.1) is 23.9 Å². The number of carbonyl (C=O) groups excluding carboxylic acids is 1. The molecule has 162 valence electrons. The van der Waals surface area contributed by atoms with E-state index in [1.165, 1.54) is 0 Å². The molecule has 2 N–H and O–H groups in total. The van der Waals surface area contributed by atoms with E-state index >= 15 is 0 Å². The van der Waals surface area contributed by atoms with Crippen molar-refractivity contribution in [1.82, 2.24) is 25.1 Å². The topological polar surface area (TPSA) is 86.8 Å². The van der Waals surface area contributed by atoms with Crippen molar-refractivity contribution >= 4 is 22.5 Å². The first-order valence-corrected chi connectivity index (χ1v) is 10.2. The molecule has 0 saturated carbocycles. The van der Waals surface area contributed by atoms with Gasteiger partial charge in [0, 0.05) is 49.1 Å². The summed E-state index contributed by atoms with van der Waals surface area (Å²) in [5.74, 6) is -2.97. The zero-order valence-electron chi connectivity index (χ0n) is 17.1. The molecule has 9 heteroatoms. The van der Waals surface area contributed by atoms with E-state index in [4.69, 9.17) is 0 Å². The highest BCUT2D eigenvalue weighted by atomic mass is 19.3. The molecule has 0 radical (unpaired) electrons. The number of aromatic amines is 1. The number of carbonyl (C=O) groups is 1. The highest BCUT2D eigenvalue weighted by Crippen LogP contribution is 2.29. The fraction of sp³-hybridized carbons (Fsp3) is 0.217. The van der Waals surface area contributed by atoms with E-state index in [0.717, 1.165) is 22.2 Å². The Morgan fingerprint density at radius 1 is 1.12 bits per heavy atom. The third-order valence-electron chi connectivity index (χ3n) is 5.48. The molecule has 1 aromatic carbocycles. The molecule has 1 amide bonds. The zero-order chi connectivity index (χ0) is 22.1. The highest BCUT2D eigenvalue weighted by molar-refractivity contribution is 6.11. The first-order chi connectivity index (χ1) is 15.5. The molecular formula is C23H20F2N6O. The van der Waals surface area contributed by atoms with Crippen LogP contribution in [-0.4, -0.2) is 50.0 Å². The lowest BCUT2D eigenvalue weighted by Gasteiger charge is -2.15. The summed E-state index contributed by atoms with van der Waals surface area (Å²) in [6.07, 6.45) is 6.50. The lowest BCUT2D eigenvalue weighted by molar-refractivity contribution is 0.0115. The van der Waals surface area contributed by atoms with Gasteiger partial charge in [-0.2, -0.15) is 5.10 Å². The van der Waals surface area contributed by atoms with Gasteiger partial charge in [0.15, 0.2) is 5.69 Å². The van der Waals surface area contributed by atoms with E-state index in [1.807, 2.05) is 24.3 Å². The summed E-state index contributed by atoms with van der Waals surface area (Å²) < 4.78 is 27.0. The molecule has 1 aliphatic heterocycles. The number of nitrogens with one attached hydrogen (secondary N) is 2. The molecule has 7 nitrogen and oxygen atoms in total. The van der Waals surface area contributed by atoms with E-state index < -0.39 is 5.92 Å². The van der Waals surface area contributed by atoms with Gasteiger partial charge in [-0.25, -0.2) is 8.78 Å². The number of amides is 1. The number of hydrogen-bond acceptors (Lipinski definition) is 5. The molecular weight excluding hydrogens is 414 g/mol. The number of alkyl halides is 2. The minimum absolute atomic E-state index is 0.110. The molecule has 5 rings (SSSR count). The number of fused-ring (bicyclic) bond motifs is 1. The molecule has 3 aromatic heterocycles. The molecule has 0 aliphatic carbocycles. The van der Waals surface area contributed by atoms with Gasteiger partial charge in [0.2, 0.25) is 0 Å². The van der Waals surface area contributed by atoms with Crippen molar-refractivity contribution < 1.29 is 13.6 Å². The van der Waals surface area contributed by atoms with E-state index in [9.17, 15) is 13.6 Å². The van der Waals surface area contributed by atoms with Crippen LogP contribution in [0.4, 0.5) is 14.5 Å². The molecule has 4 aromatic rings. The Labute approximate surface area is 182 Å². The standard InChI is InChI=1S/C23H20F2N6O/c24-23(25)5-7-31(14-23)13-15-8-17(11-27-10-15)16-3-4-20-19(9-16)21(30-29-20)22(32)28-18-2-1-6-26-12-18/h1-4,6,8-12H,5,7,13-14H2,(H,28,32)(H,29,30). The lowest BCUT2D eigenvalue weighted by Crippen LogP contribution is -2.24. The second-order valence-corrected chi connectivity index (χ2v) is 7.93. The number of halogens is 2. The van der Waals surface area contributed by atoms with Gasteiger partial charge < -0.3 is 5.32 Å². The number of aromatic nitrogens is 4. The van der Waals surface area contributed by atoms with Crippen LogP contribution in [0.3, 0.4) is 0 Å². The van der Waals surface area contributed by atoms with Crippen molar-refractivity contribution in [2.24, 2.45) is 0 Å². The van der Waals surface area contributed by atoms with Crippen molar-refractivity contribution in [2.75, 3.05) is 18.4 Å². The molecule has 0 atom stereocenters. The number of rotatable bonds is 5. The zero-order valence-corrected chi connectivity index (χ0v) is 17.1. The summed E-state index contributed by atoms with van der Waals surface area (Å²) >= 11 is 0. The fourth-order valence-corrected chi connectivity index (χ4v) is 3.93. The van der Waals surface area contributed by atoms with Crippen molar-refractivity contribution in [3.05, 3.63) is 72.4 Å². The van der Waals surface area contributed by atoms with Crippen LogP contribution < -0.4 is 5.32 Å². The Morgan fingerprint density at radius 2 is 2.03 bits per heavy atom. The Morgan fingerprint density at radius 3 is 2.81 bits per heavy atom. The van der Waals surface area contributed by atoms with Crippen LogP contribution in [0.2, 0.25) is 0 Å². The summed E-state index contributed by atoms with van der Waals surface area (Å²) in [5.41, 5.74) is 4.14. The van der Waals surface area contributed by atoms with Gasteiger partial charge in [-0.05, 0) is 41.5 Å². The average molecular weight is 434 g/mol. The highest BCUT2D eigenvalue weighted by Gasteiger charge is 2.37. The number of nitrogens with zero attached hydrogens (tertiary/aromatic N) is 4. The number of hydrogen-bond donors (Lipinski definition) is 2. The monoisotopic (exact) mass is 434 g/mol. The largest absolute Gasteiger partial charge is 0.319 e. The predicted octanol–water partition coefficient (Wildman–Crippen LogP) is 4.11. The molecule has 1 saturated heterocycles. The van der Waals surface area contributed by atoms with Crippen molar-refractivity contribution in [1.29, 1.82) is 0 Å². The maximum atomic E-state index is 13.5. The Hall–Kier alpha value is -3.72. The first kappa shape index (κ1) is 20.2. The molecule has 4 heterocycles. The summed E-state index contributed by atoms with van der Waals surface area (Å²) in [4.78, 5) is 22.8. The number of anilines is 1. The molecule has 1 fully saturated rings. The van der Waals surface area contributed by atoms with E-state index in [2.05, 4.69) is 25.5 Å². The Kier molecular flexibility index (Phi) is 5.10. The van der Waals surface area contributed by atoms with E-state index in [1.54, 1.807) is 41.8 Å². The number of likely N-dealkylation sites (tertiary alicyclic amines) is 1. The second-order valence-electron chi connectivity index (χ2n) is 7.93. The number of H-pyrrole nitrogens is 1. The van der Waals surface area contributed by atoms with Crippen molar-refractivity contribution in [2.45, 2.75) is 18.9 Å². The average Bonchev–Trinajstić information content (AvgIpc) is 3.36. The fourth-order valence-electron chi connectivity index (χ4n) is 3.93. The lowest BCUT2D eigenvalue weighted by atomic mass is 10.0. The molecule has 0 spiro atoms. The summed E-state index contributed by atoms with van der Waals surface area (Å²) in [6, 6.07) is 11.1. The maximum Gasteiger partial charge on any atom is 0.276 e. The minimum atomic E-state index is -2.62. The van der Waals surface area contributed by atoms with Crippen LogP contribution in [0.15, 0.2) is 61.2 Å². The Bertz CT molecular complexity index is 1270. The van der Waals surface area contributed by atoms with E-state index in [0.29, 0.717) is 24.2 Å². The van der Waals surface area contributed by atoms with E-state index in [-0.39, 0.29) is 24.6 Å². The van der Waals surface area contributed by atoms with Crippen LogP contribution in [0.1, 0.15) is 22.5 Å². The predicted molar refractivity (Wildman–Crippen MR) is 116 cm³/mol. The molecule has 0 bridgehead atoms. The van der Waals surface area contributed by atoms with Gasteiger partial charge in [0.25, 0.3) is 11.8 Å². The minimum Gasteiger partial charge on any atom is -0.319 e. The summed E-state index contributed by atoms with van der Waals surface area (Å²) in [7, 11) is 0. The summed E-state index contributed by atoms with van der Waals surface area (Å²) in [5, 5.41) is 10.5. The Balaban J connectivity index is 1.40. The molecule has 0 unspecified atom stereocenters. The van der Waals surface area contributed by atoms with Crippen LogP contribution in [0, 0.1) is 0 Å². The number of pyridine rings is 2. The van der Waals surface area contributed by atoms with Gasteiger partial charge in [0.1, 0.15) is 0 Å². The van der Waals surface area contributed by atoms with Crippen molar-refractivity contribution in [3.8, 4) is 11.1 Å². The quantitative estimate of drug-likeness (QED) is 0.494. The second kappa shape index (κ2) is 8.08. The third kappa shape index (κ3) is 4.19. The van der Waals surface area contributed by atoms with Crippen LogP contribution >= 0.6 is 0 Å². The van der Waals surface area contributed by atoms with Crippen molar-refractivity contribution in [3.63, 3.8) is 0 Å².